The van der Waals surface area contributed by atoms with Gasteiger partial charge in [0, 0.05) is 80.7 Å². The fraction of sp³-hybridized carbons (Fsp3) is 0.170. The molecule has 4 rings (SSSR count). The second-order valence-corrected chi connectivity index (χ2v) is 13.8. The van der Waals surface area contributed by atoms with E-state index in [-0.39, 0.29) is 0 Å². The monoisotopic (exact) mass is 768 g/mol. The predicted octanol–water partition coefficient (Wildman–Crippen LogP) is 11.4. The summed E-state index contributed by atoms with van der Waals surface area (Å²) in [6, 6.07) is 33.3. The van der Waals surface area contributed by atoms with Gasteiger partial charge in [0.2, 0.25) is 0 Å². The third-order valence-corrected chi connectivity index (χ3v) is 9.96. The van der Waals surface area contributed by atoms with Gasteiger partial charge in [-0.2, -0.15) is 0 Å². The molecule has 4 aromatic carbocycles. The first kappa shape index (κ1) is 44.2. The molecule has 0 aliphatic rings. The highest BCUT2D eigenvalue weighted by molar-refractivity contribution is 6.02. The van der Waals surface area contributed by atoms with Gasteiger partial charge in [0.1, 0.15) is 5.60 Å². The molecular weight excluding hydrogens is 709 g/mol. The minimum absolute atomic E-state index is 0.660. The van der Waals surface area contributed by atoms with Crippen LogP contribution in [0.15, 0.2) is 211 Å². The quantitative estimate of drug-likeness (QED) is 0.0508. The average Bonchev–Trinajstić information content (AvgIpc) is 3.25. The van der Waals surface area contributed by atoms with Crippen molar-refractivity contribution in [2.75, 3.05) is 72.0 Å². The van der Waals surface area contributed by atoms with Crippen molar-refractivity contribution in [1.82, 2.24) is 0 Å². The standard InChI is InChI=1S/C53H60N4O/c1-10-35-54(36-11-2)47-27-19-43(20-28-47)51(44-21-29-48(30-22-44)55(37-12-3)38-13-4)52(45-23-31-49(32-24-45)56(39-14-5)40-15-6)53(58,18-9)46-25-33-50(34-26-46)57(41-16-7)42-17-8/h10-34,58H,1-9,35-42H2. The zero-order valence-electron chi connectivity index (χ0n) is 34.2. The van der Waals surface area contributed by atoms with Crippen molar-refractivity contribution in [3.8, 4) is 0 Å². The third-order valence-electron chi connectivity index (χ3n) is 9.96. The van der Waals surface area contributed by atoms with Crippen LogP contribution < -0.4 is 19.6 Å². The molecule has 1 atom stereocenters. The summed E-state index contributed by atoms with van der Waals surface area (Å²) in [6.07, 6.45) is 16.7. The van der Waals surface area contributed by atoms with E-state index in [1.807, 2.05) is 72.9 Å². The number of hydrogen-bond acceptors (Lipinski definition) is 5. The summed E-state index contributed by atoms with van der Waals surface area (Å²) in [5.74, 6) is 0. The Morgan fingerprint density at radius 1 is 0.379 bits per heavy atom. The van der Waals surface area contributed by atoms with Crippen molar-refractivity contribution in [3.05, 3.63) is 233 Å². The van der Waals surface area contributed by atoms with Crippen LogP contribution in [0.3, 0.4) is 0 Å². The lowest BCUT2D eigenvalue weighted by molar-refractivity contribution is 0.155. The molecular formula is C53H60N4O. The molecule has 5 nitrogen and oxygen atoms in total. The Morgan fingerprint density at radius 3 is 0.862 bits per heavy atom. The molecule has 0 aromatic heterocycles. The molecule has 1 N–H and O–H groups in total. The smallest absolute Gasteiger partial charge is 0.134 e. The van der Waals surface area contributed by atoms with Gasteiger partial charge in [-0.05, 0) is 76.4 Å². The number of hydrogen-bond donors (Lipinski definition) is 1. The maximum absolute atomic E-state index is 13.3. The van der Waals surface area contributed by atoms with E-state index in [4.69, 9.17) is 0 Å². The molecule has 1 unspecified atom stereocenters. The molecule has 58 heavy (non-hydrogen) atoms. The molecule has 0 spiro atoms. The van der Waals surface area contributed by atoms with Crippen molar-refractivity contribution < 1.29 is 5.11 Å². The summed E-state index contributed by atoms with van der Waals surface area (Å²) in [5, 5.41) is 13.3. The number of aliphatic hydroxyl groups is 1. The van der Waals surface area contributed by atoms with Crippen LogP contribution in [0, 0.1) is 0 Å². The summed E-state index contributed by atoms with van der Waals surface area (Å²) in [5.41, 5.74) is 7.40. The van der Waals surface area contributed by atoms with E-state index in [1.165, 1.54) is 0 Å². The van der Waals surface area contributed by atoms with Crippen molar-refractivity contribution in [2.45, 2.75) is 5.60 Å². The zero-order valence-corrected chi connectivity index (χ0v) is 34.2. The largest absolute Gasteiger partial charge is 0.377 e. The highest BCUT2D eigenvalue weighted by Crippen LogP contribution is 2.46. The lowest BCUT2D eigenvalue weighted by Gasteiger charge is -2.33. The molecule has 298 valence electrons. The summed E-state index contributed by atoms with van der Waals surface area (Å²) in [7, 11) is 0. The lowest BCUT2D eigenvalue weighted by Crippen LogP contribution is -2.27. The Bertz CT molecular complexity index is 1950. The number of rotatable bonds is 26. The van der Waals surface area contributed by atoms with Crippen LogP contribution in [0.4, 0.5) is 22.7 Å². The van der Waals surface area contributed by atoms with E-state index in [1.54, 1.807) is 6.08 Å². The van der Waals surface area contributed by atoms with E-state index in [0.29, 0.717) is 63.5 Å². The molecule has 0 bridgehead atoms. The molecule has 0 saturated heterocycles. The van der Waals surface area contributed by atoms with E-state index < -0.39 is 5.60 Å². The van der Waals surface area contributed by atoms with Gasteiger partial charge in [-0.3, -0.25) is 0 Å². The zero-order chi connectivity index (χ0) is 41.9. The van der Waals surface area contributed by atoms with Gasteiger partial charge in [0.05, 0.1) is 0 Å². The van der Waals surface area contributed by atoms with Crippen LogP contribution in [0.2, 0.25) is 0 Å². The van der Waals surface area contributed by atoms with Gasteiger partial charge in [-0.15, -0.1) is 52.6 Å². The summed E-state index contributed by atoms with van der Waals surface area (Å²) >= 11 is 0. The molecule has 0 heterocycles. The molecule has 0 saturated carbocycles. The van der Waals surface area contributed by atoms with E-state index in [9.17, 15) is 5.11 Å². The van der Waals surface area contributed by atoms with Crippen LogP contribution in [-0.2, 0) is 5.60 Å². The van der Waals surface area contributed by atoms with Crippen LogP contribution in [0.1, 0.15) is 22.3 Å². The van der Waals surface area contributed by atoms with Crippen LogP contribution in [-0.4, -0.2) is 57.5 Å². The first-order valence-electron chi connectivity index (χ1n) is 19.7. The predicted molar refractivity (Wildman–Crippen MR) is 256 cm³/mol. The molecule has 0 amide bonds. The minimum Gasteiger partial charge on any atom is -0.377 e. The van der Waals surface area contributed by atoms with E-state index in [0.717, 1.165) is 45.0 Å². The fourth-order valence-electron chi connectivity index (χ4n) is 7.21. The fourth-order valence-corrected chi connectivity index (χ4v) is 7.21. The Morgan fingerprint density at radius 2 is 0.621 bits per heavy atom. The normalized spacial score (nSPS) is 11.5. The topological polar surface area (TPSA) is 33.2 Å². The summed E-state index contributed by atoms with van der Waals surface area (Å²) in [6.45, 7) is 41.4. The van der Waals surface area contributed by atoms with Gasteiger partial charge in [-0.1, -0.05) is 110 Å². The Labute approximate surface area is 348 Å². The van der Waals surface area contributed by atoms with E-state index >= 15 is 0 Å². The molecule has 0 fully saturated rings. The lowest BCUT2D eigenvalue weighted by atomic mass is 9.76. The number of anilines is 4. The van der Waals surface area contributed by atoms with Crippen molar-refractivity contribution in [1.29, 1.82) is 0 Å². The van der Waals surface area contributed by atoms with E-state index in [2.05, 4.69) is 152 Å². The first-order valence-corrected chi connectivity index (χ1v) is 19.7. The van der Waals surface area contributed by atoms with Crippen molar-refractivity contribution >= 4 is 33.9 Å². The second-order valence-electron chi connectivity index (χ2n) is 13.8. The average molecular weight is 769 g/mol. The second kappa shape index (κ2) is 22.2. The highest BCUT2D eigenvalue weighted by Gasteiger charge is 2.35. The van der Waals surface area contributed by atoms with Gasteiger partial charge in [0.15, 0.2) is 0 Å². The first-order chi connectivity index (χ1) is 28.3. The number of nitrogens with zero attached hydrogens (tertiary/aromatic N) is 4. The maximum Gasteiger partial charge on any atom is 0.134 e. The van der Waals surface area contributed by atoms with Crippen LogP contribution in [0.5, 0.6) is 0 Å². The van der Waals surface area contributed by atoms with Crippen molar-refractivity contribution in [2.24, 2.45) is 0 Å². The summed E-state index contributed by atoms with van der Waals surface area (Å²) < 4.78 is 0. The van der Waals surface area contributed by atoms with Gasteiger partial charge in [-0.25, -0.2) is 0 Å². The molecule has 0 aliphatic heterocycles. The molecule has 0 radical (unpaired) electrons. The summed E-state index contributed by atoms with van der Waals surface area (Å²) in [4.78, 5) is 8.77. The Balaban J connectivity index is 2.10. The van der Waals surface area contributed by atoms with Gasteiger partial charge in [0.25, 0.3) is 0 Å². The SMILES string of the molecule is C=CCN(CC=C)c1ccc(C(=C(c2ccc(N(CC=C)CC=C)cc2)C(O)(C=C)c2ccc(N(CC=C)CC=C)cc2)c2ccc(N(CC=C)CC=C)cc2)cc1. The molecule has 0 aliphatic carbocycles. The Kier molecular flexibility index (Phi) is 16.9. The van der Waals surface area contributed by atoms with Gasteiger partial charge < -0.3 is 24.7 Å². The van der Waals surface area contributed by atoms with Crippen molar-refractivity contribution in [3.63, 3.8) is 0 Å². The Hall–Kier alpha value is -6.56. The molecule has 4 aromatic rings. The minimum atomic E-state index is -1.63. The third kappa shape index (κ3) is 10.6. The highest BCUT2D eigenvalue weighted by atomic mass is 16.3. The van der Waals surface area contributed by atoms with Gasteiger partial charge >= 0.3 is 0 Å². The van der Waals surface area contributed by atoms with Crippen LogP contribution >= 0.6 is 0 Å². The molecule has 5 heteroatoms. The van der Waals surface area contributed by atoms with Crippen LogP contribution in [0.25, 0.3) is 11.1 Å². The number of benzene rings is 4. The maximum atomic E-state index is 13.3.